The quantitative estimate of drug-likeness (QED) is 0.439. The number of nitrogens with one attached hydrogen (secondary N) is 4. The monoisotopic (exact) mass is 425 g/mol. The summed E-state index contributed by atoms with van der Waals surface area (Å²) in [5, 5.41) is 13.6. The van der Waals surface area contributed by atoms with Crippen LogP contribution in [-0.2, 0) is 11.2 Å². The van der Waals surface area contributed by atoms with E-state index in [0.717, 1.165) is 43.7 Å². The van der Waals surface area contributed by atoms with E-state index in [1.54, 1.807) is 6.07 Å². The minimum Gasteiger partial charge on any atom is -0.338 e. The molecule has 9 heteroatoms. The van der Waals surface area contributed by atoms with Gasteiger partial charge in [0.25, 0.3) is 0 Å². The van der Waals surface area contributed by atoms with Crippen LogP contribution in [0.1, 0.15) is 18.4 Å². The molecule has 2 aromatic heterocycles. The van der Waals surface area contributed by atoms with Gasteiger partial charge in [-0.25, -0.2) is 15.0 Å². The molecule has 4 rings (SSSR count). The predicted octanol–water partition coefficient (Wildman–Crippen LogP) is 2.88. The number of anilines is 3. The molecule has 1 aliphatic rings. The normalized spacial score (nSPS) is 16.2. The van der Waals surface area contributed by atoms with Gasteiger partial charge in [0.2, 0.25) is 5.91 Å². The summed E-state index contributed by atoms with van der Waals surface area (Å²) in [5.74, 6) is 0.951. The molecule has 1 aromatic carbocycles. The highest BCUT2D eigenvalue weighted by molar-refractivity contribution is 6.30. The lowest BCUT2D eigenvalue weighted by Gasteiger charge is -2.14. The third kappa shape index (κ3) is 5.21. The molecule has 0 saturated heterocycles. The largest absolute Gasteiger partial charge is 0.338 e. The summed E-state index contributed by atoms with van der Waals surface area (Å²) < 4.78 is 0. The van der Waals surface area contributed by atoms with Gasteiger partial charge in [0.1, 0.15) is 17.7 Å². The van der Waals surface area contributed by atoms with E-state index in [2.05, 4.69) is 36.2 Å². The maximum atomic E-state index is 12.2. The van der Waals surface area contributed by atoms with E-state index in [1.807, 2.05) is 24.3 Å². The summed E-state index contributed by atoms with van der Waals surface area (Å²) >= 11 is 6.25. The number of halogens is 1. The first-order valence-electron chi connectivity index (χ1n) is 10.1. The van der Waals surface area contributed by atoms with Gasteiger partial charge in [-0.2, -0.15) is 0 Å². The van der Waals surface area contributed by atoms with Crippen LogP contribution in [0.4, 0.5) is 17.3 Å². The molecular weight excluding hydrogens is 402 g/mol. The van der Waals surface area contributed by atoms with E-state index in [9.17, 15) is 4.79 Å². The number of amides is 1. The fourth-order valence-electron chi connectivity index (χ4n) is 3.35. The Bertz CT molecular complexity index is 1040. The Morgan fingerprint density at radius 2 is 1.77 bits per heavy atom. The van der Waals surface area contributed by atoms with Gasteiger partial charge in [-0.05, 0) is 49.2 Å². The van der Waals surface area contributed by atoms with Crippen molar-refractivity contribution < 1.29 is 4.79 Å². The summed E-state index contributed by atoms with van der Waals surface area (Å²) in [6, 6.07) is 9.40. The minimum atomic E-state index is -0.0908. The Kier molecular flexibility index (Phi) is 6.68. The smallest absolute Gasteiger partial charge is 0.226 e. The second kappa shape index (κ2) is 9.80. The van der Waals surface area contributed by atoms with Gasteiger partial charge in [-0.1, -0.05) is 17.7 Å². The molecule has 0 fully saturated rings. The highest BCUT2D eigenvalue weighted by Crippen LogP contribution is 2.28. The van der Waals surface area contributed by atoms with Crippen molar-refractivity contribution >= 4 is 45.9 Å². The summed E-state index contributed by atoms with van der Waals surface area (Å²) in [6.07, 6.45) is 3.77. The van der Waals surface area contributed by atoms with Crippen LogP contribution in [0.15, 0.2) is 36.7 Å². The molecule has 30 heavy (non-hydrogen) atoms. The van der Waals surface area contributed by atoms with Crippen molar-refractivity contribution in [2.24, 2.45) is 0 Å². The lowest BCUT2D eigenvalue weighted by Crippen LogP contribution is -2.30. The van der Waals surface area contributed by atoms with Crippen LogP contribution in [0.3, 0.4) is 0 Å². The molecule has 2 bridgehead atoms. The second-order valence-corrected chi connectivity index (χ2v) is 7.55. The molecule has 3 heterocycles. The van der Waals surface area contributed by atoms with Gasteiger partial charge >= 0.3 is 0 Å². The minimum absolute atomic E-state index is 0.0908. The number of fused-ring (bicyclic) bond motifs is 2. The van der Waals surface area contributed by atoms with Gasteiger partial charge in [0.15, 0.2) is 5.82 Å². The van der Waals surface area contributed by atoms with Crippen molar-refractivity contribution in [1.29, 1.82) is 0 Å². The number of hydrogen-bond donors (Lipinski definition) is 4. The van der Waals surface area contributed by atoms with Crippen molar-refractivity contribution in [3.63, 3.8) is 0 Å². The lowest BCUT2D eigenvalue weighted by atomic mass is 10.1. The number of carbonyl (C=O) groups is 1. The Labute approximate surface area is 179 Å². The average Bonchev–Trinajstić information content (AvgIpc) is 2.73. The van der Waals surface area contributed by atoms with E-state index in [0.29, 0.717) is 40.7 Å². The number of rotatable bonds is 0. The van der Waals surface area contributed by atoms with Gasteiger partial charge in [0, 0.05) is 36.8 Å². The maximum absolute atomic E-state index is 12.2. The van der Waals surface area contributed by atoms with Crippen LogP contribution in [0.25, 0.3) is 11.0 Å². The zero-order valence-corrected chi connectivity index (χ0v) is 17.3. The van der Waals surface area contributed by atoms with Crippen LogP contribution in [0.2, 0.25) is 5.02 Å². The Hall–Kier alpha value is -2.81. The maximum Gasteiger partial charge on any atom is 0.226 e. The van der Waals surface area contributed by atoms with E-state index in [1.165, 1.54) is 6.33 Å². The molecule has 1 amide bonds. The molecule has 3 aromatic rings. The van der Waals surface area contributed by atoms with Crippen LogP contribution in [-0.4, -0.2) is 47.0 Å². The number of benzene rings is 1. The molecule has 8 nitrogen and oxygen atoms in total. The average molecular weight is 426 g/mol. The highest BCUT2D eigenvalue weighted by Gasteiger charge is 2.12. The van der Waals surface area contributed by atoms with Crippen molar-refractivity contribution in [3.8, 4) is 0 Å². The fourth-order valence-corrected chi connectivity index (χ4v) is 3.52. The number of aryl methyl sites for hydroxylation is 1. The molecule has 4 N–H and O–H groups in total. The summed E-state index contributed by atoms with van der Waals surface area (Å²) in [6.45, 7) is 3.20. The fraction of sp³-hybridized carbons (Fsp3) is 0.333. The van der Waals surface area contributed by atoms with E-state index >= 15 is 0 Å². The first-order chi connectivity index (χ1) is 14.7. The SMILES string of the molecule is O=C1CCNCCNCCCc2ccc(Cl)cc2Nc2ncnc3ccc(nc23)N1. The Morgan fingerprint density at radius 1 is 0.900 bits per heavy atom. The van der Waals surface area contributed by atoms with Crippen molar-refractivity contribution in [1.82, 2.24) is 25.6 Å². The summed E-state index contributed by atoms with van der Waals surface area (Å²) in [7, 11) is 0. The first kappa shape index (κ1) is 20.5. The Morgan fingerprint density at radius 3 is 2.67 bits per heavy atom. The van der Waals surface area contributed by atoms with Crippen molar-refractivity contribution in [2.75, 3.05) is 36.8 Å². The summed E-state index contributed by atoms with van der Waals surface area (Å²) in [5.41, 5.74) is 3.31. The Balaban J connectivity index is 1.69. The molecule has 0 saturated carbocycles. The molecule has 1 aliphatic heterocycles. The molecule has 0 aliphatic carbocycles. The standard InChI is InChI=1S/C21H24ClN7O/c22-15-4-3-14-2-1-8-23-10-11-24-9-7-19(30)28-18-6-5-16-20(29-18)21(26-13-25-16)27-17(14)12-15/h3-6,12-13,23-24H,1-2,7-11H2,(H,25,26,27)(H,28,29,30). The number of hydrogen-bond acceptors (Lipinski definition) is 7. The highest BCUT2D eigenvalue weighted by atomic mass is 35.5. The van der Waals surface area contributed by atoms with E-state index < -0.39 is 0 Å². The van der Waals surface area contributed by atoms with Gasteiger partial charge in [0.05, 0.1) is 5.52 Å². The topological polar surface area (TPSA) is 104 Å². The third-order valence-electron chi connectivity index (χ3n) is 4.88. The van der Waals surface area contributed by atoms with Gasteiger partial charge < -0.3 is 21.3 Å². The number of pyridine rings is 1. The van der Waals surface area contributed by atoms with E-state index in [-0.39, 0.29) is 5.91 Å². The molecule has 156 valence electrons. The van der Waals surface area contributed by atoms with Crippen LogP contribution in [0.5, 0.6) is 0 Å². The number of nitrogens with zero attached hydrogens (tertiary/aromatic N) is 3. The predicted molar refractivity (Wildman–Crippen MR) is 119 cm³/mol. The first-order valence-corrected chi connectivity index (χ1v) is 10.5. The summed E-state index contributed by atoms with van der Waals surface area (Å²) in [4.78, 5) is 25.5. The molecular formula is C21H24ClN7O. The van der Waals surface area contributed by atoms with E-state index in [4.69, 9.17) is 11.6 Å². The zero-order chi connectivity index (χ0) is 20.8. The molecule has 0 radical (unpaired) electrons. The molecule has 0 unspecified atom stereocenters. The zero-order valence-electron chi connectivity index (χ0n) is 16.5. The number of aromatic nitrogens is 3. The third-order valence-corrected chi connectivity index (χ3v) is 5.12. The lowest BCUT2D eigenvalue weighted by molar-refractivity contribution is -0.116. The van der Waals surface area contributed by atoms with Crippen molar-refractivity contribution in [2.45, 2.75) is 19.3 Å². The molecule has 0 spiro atoms. The van der Waals surface area contributed by atoms with Crippen LogP contribution >= 0.6 is 11.6 Å². The van der Waals surface area contributed by atoms with Crippen LogP contribution < -0.4 is 21.3 Å². The van der Waals surface area contributed by atoms with Gasteiger partial charge in [-0.15, -0.1) is 0 Å². The number of carbonyl (C=O) groups excluding carboxylic acids is 1. The second-order valence-electron chi connectivity index (χ2n) is 7.11. The van der Waals surface area contributed by atoms with Crippen molar-refractivity contribution in [3.05, 3.63) is 47.2 Å². The van der Waals surface area contributed by atoms with Gasteiger partial charge in [-0.3, -0.25) is 4.79 Å². The molecule has 0 atom stereocenters. The van der Waals surface area contributed by atoms with Crippen LogP contribution in [0, 0.1) is 0 Å².